The molecule has 2 aromatic rings. The number of imide groups is 2. The molecule has 1 aromatic carbocycles. The van der Waals surface area contributed by atoms with Crippen molar-refractivity contribution >= 4 is 29.6 Å². The van der Waals surface area contributed by atoms with Gasteiger partial charge in [0.1, 0.15) is 17.1 Å². The van der Waals surface area contributed by atoms with E-state index in [0.717, 1.165) is 4.90 Å². The van der Waals surface area contributed by atoms with Crippen LogP contribution in [0.1, 0.15) is 11.3 Å². The van der Waals surface area contributed by atoms with Gasteiger partial charge in [0.15, 0.2) is 0 Å². The number of carbonyl (C=O) groups excluding carboxylic acids is 3. The van der Waals surface area contributed by atoms with E-state index in [4.69, 9.17) is 4.42 Å². The van der Waals surface area contributed by atoms with Gasteiger partial charge in [0.2, 0.25) is 0 Å². The first-order valence-electron chi connectivity index (χ1n) is 8.17. The molecule has 0 unspecified atom stereocenters. The summed E-state index contributed by atoms with van der Waals surface area (Å²) >= 11 is 0. The van der Waals surface area contributed by atoms with Crippen LogP contribution >= 0.6 is 0 Å². The molecule has 0 radical (unpaired) electrons. The van der Waals surface area contributed by atoms with Gasteiger partial charge in [-0.05, 0) is 36.8 Å². The number of urea groups is 1. The summed E-state index contributed by atoms with van der Waals surface area (Å²) in [7, 11) is 0. The van der Waals surface area contributed by atoms with E-state index >= 15 is 0 Å². The number of carbonyl (C=O) groups is 3. The van der Waals surface area contributed by atoms with Gasteiger partial charge in [-0.3, -0.25) is 29.9 Å². The van der Waals surface area contributed by atoms with Gasteiger partial charge >= 0.3 is 6.03 Å². The van der Waals surface area contributed by atoms with Gasteiger partial charge in [0.05, 0.1) is 4.92 Å². The molecule has 3 rings (SSSR count). The maximum Gasteiger partial charge on any atom is 0.331 e. The van der Waals surface area contributed by atoms with Gasteiger partial charge < -0.3 is 4.42 Å². The van der Waals surface area contributed by atoms with Crippen LogP contribution in [-0.4, -0.2) is 34.2 Å². The van der Waals surface area contributed by atoms with Crippen molar-refractivity contribution in [3.63, 3.8) is 0 Å². The smallest absolute Gasteiger partial charge is 0.331 e. The van der Waals surface area contributed by atoms with Crippen LogP contribution in [0.25, 0.3) is 17.4 Å². The van der Waals surface area contributed by atoms with Crippen molar-refractivity contribution in [1.29, 1.82) is 0 Å². The molecule has 28 heavy (non-hydrogen) atoms. The minimum absolute atomic E-state index is 0.0356. The number of furan rings is 1. The number of nitro benzene ring substituents is 1. The van der Waals surface area contributed by atoms with E-state index < -0.39 is 22.8 Å². The molecule has 9 nitrogen and oxygen atoms in total. The number of rotatable bonds is 5. The number of aryl methyl sites for hydroxylation is 1. The molecule has 0 aliphatic carbocycles. The van der Waals surface area contributed by atoms with Crippen LogP contribution in [-0.2, 0) is 9.59 Å². The van der Waals surface area contributed by atoms with Gasteiger partial charge in [-0.1, -0.05) is 6.08 Å². The molecule has 4 amide bonds. The Kier molecular flexibility index (Phi) is 4.90. The van der Waals surface area contributed by atoms with E-state index in [2.05, 4.69) is 11.9 Å². The summed E-state index contributed by atoms with van der Waals surface area (Å²) in [6.45, 7) is 5.14. The lowest BCUT2D eigenvalue weighted by molar-refractivity contribution is -0.384. The number of nitro groups is 1. The molecule has 0 spiro atoms. The predicted molar refractivity (Wildman–Crippen MR) is 99.0 cm³/mol. The summed E-state index contributed by atoms with van der Waals surface area (Å²) in [6.07, 6.45) is 2.61. The highest BCUT2D eigenvalue weighted by Crippen LogP contribution is 2.29. The first-order chi connectivity index (χ1) is 13.3. The lowest BCUT2D eigenvalue weighted by Gasteiger charge is -2.24. The normalized spacial score (nSPS) is 15.7. The summed E-state index contributed by atoms with van der Waals surface area (Å²) in [4.78, 5) is 47.4. The highest BCUT2D eigenvalue weighted by Gasteiger charge is 2.35. The van der Waals surface area contributed by atoms with Crippen LogP contribution in [0.5, 0.6) is 0 Å². The Morgan fingerprint density at radius 1 is 1.25 bits per heavy atom. The fraction of sp³-hybridized carbons (Fsp3) is 0.105. The van der Waals surface area contributed by atoms with Crippen LogP contribution in [0.3, 0.4) is 0 Å². The van der Waals surface area contributed by atoms with Crippen molar-refractivity contribution in [2.75, 3.05) is 6.54 Å². The fourth-order valence-electron chi connectivity index (χ4n) is 2.74. The van der Waals surface area contributed by atoms with Crippen molar-refractivity contribution in [2.45, 2.75) is 6.92 Å². The minimum atomic E-state index is -0.820. The Morgan fingerprint density at radius 3 is 2.64 bits per heavy atom. The van der Waals surface area contributed by atoms with Gasteiger partial charge in [0, 0.05) is 24.2 Å². The maximum atomic E-state index is 12.4. The zero-order chi connectivity index (χ0) is 20.4. The second-order valence-electron chi connectivity index (χ2n) is 5.98. The van der Waals surface area contributed by atoms with Crippen molar-refractivity contribution in [1.82, 2.24) is 10.2 Å². The molecule has 1 aliphatic heterocycles. The summed E-state index contributed by atoms with van der Waals surface area (Å²) in [6, 6.07) is 6.71. The van der Waals surface area contributed by atoms with E-state index in [1.165, 1.54) is 24.3 Å². The molecule has 0 saturated carbocycles. The highest BCUT2D eigenvalue weighted by molar-refractivity contribution is 6.30. The number of benzene rings is 1. The molecule has 1 aliphatic rings. The summed E-state index contributed by atoms with van der Waals surface area (Å²) in [5.74, 6) is -0.931. The number of nitrogens with one attached hydrogen (secondary N) is 1. The second-order valence-corrected chi connectivity index (χ2v) is 5.98. The first-order valence-corrected chi connectivity index (χ1v) is 8.17. The average Bonchev–Trinajstić information content (AvgIpc) is 3.10. The van der Waals surface area contributed by atoms with Gasteiger partial charge in [0.25, 0.3) is 17.5 Å². The van der Waals surface area contributed by atoms with Crippen LogP contribution in [0.4, 0.5) is 10.5 Å². The van der Waals surface area contributed by atoms with E-state index in [9.17, 15) is 24.5 Å². The predicted octanol–water partition coefficient (Wildman–Crippen LogP) is 2.81. The number of hydrogen-bond donors (Lipinski definition) is 1. The van der Waals surface area contributed by atoms with Gasteiger partial charge in [-0.25, -0.2) is 4.79 Å². The zero-order valence-electron chi connectivity index (χ0n) is 14.8. The molecule has 2 heterocycles. The van der Waals surface area contributed by atoms with Crippen molar-refractivity contribution in [2.24, 2.45) is 0 Å². The quantitative estimate of drug-likeness (QED) is 0.279. The van der Waals surface area contributed by atoms with E-state index in [0.29, 0.717) is 16.9 Å². The van der Waals surface area contributed by atoms with Gasteiger partial charge in [-0.15, -0.1) is 6.58 Å². The molecule has 142 valence electrons. The van der Waals surface area contributed by atoms with E-state index in [-0.39, 0.29) is 23.6 Å². The van der Waals surface area contributed by atoms with E-state index in [1.54, 1.807) is 25.1 Å². The molecular formula is C19H15N3O6. The number of nitrogens with zero attached hydrogens (tertiary/aromatic N) is 2. The molecule has 1 saturated heterocycles. The molecule has 1 N–H and O–H groups in total. The first kappa shape index (κ1) is 18.8. The molecule has 1 aromatic heterocycles. The monoisotopic (exact) mass is 381 g/mol. The van der Waals surface area contributed by atoms with E-state index in [1.807, 2.05) is 0 Å². The summed E-state index contributed by atoms with van der Waals surface area (Å²) in [5.41, 5.74) is 0.990. The fourth-order valence-corrected chi connectivity index (χ4v) is 2.74. The molecular weight excluding hydrogens is 366 g/mol. The van der Waals surface area contributed by atoms with Crippen molar-refractivity contribution in [3.8, 4) is 11.3 Å². The molecule has 0 atom stereocenters. The minimum Gasteiger partial charge on any atom is -0.457 e. The van der Waals surface area contributed by atoms with Crippen LogP contribution in [0.2, 0.25) is 0 Å². The second kappa shape index (κ2) is 7.31. The summed E-state index contributed by atoms with van der Waals surface area (Å²) < 4.78 is 5.67. The third kappa shape index (κ3) is 3.45. The topological polar surface area (TPSA) is 123 Å². The van der Waals surface area contributed by atoms with Crippen molar-refractivity contribution < 1.29 is 23.7 Å². The zero-order valence-corrected chi connectivity index (χ0v) is 14.8. The SMILES string of the molecule is C=CCN1C(=O)NC(=O)/C(=C\c2ccc(-c3ccc([N+](=O)[O-])cc3C)o2)C1=O. The number of non-ortho nitro benzene ring substituents is 1. The lowest BCUT2D eigenvalue weighted by atomic mass is 10.1. The molecule has 1 fully saturated rings. The maximum absolute atomic E-state index is 12.4. The Balaban J connectivity index is 1.92. The van der Waals surface area contributed by atoms with Crippen LogP contribution in [0, 0.1) is 17.0 Å². The Labute approximate surface area is 159 Å². The number of hydrogen-bond acceptors (Lipinski definition) is 6. The van der Waals surface area contributed by atoms with Crippen LogP contribution < -0.4 is 5.32 Å². The lowest BCUT2D eigenvalue weighted by Crippen LogP contribution is -2.54. The van der Waals surface area contributed by atoms with Crippen molar-refractivity contribution in [3.05, 3.63) is 70.0 Å². The third-order valence-electron chi connectivity index (χ3n) is 4.10. The van der Waals surface area contributed by atoms with Gasteiger partial charge in [-0.2, -0.15) is 0 Å². The average molecular weight is 381 g/mol. The molecule has 9 heteroatoms. The number of barbiturate groups is 1. The largest absolute Gasteiger partial charge is 0.457 e. The third-order valence-corrected chi connectivity index (χ3v) is 4.10. The summed E-state index contributed by atoms with van der Waals surface area (Å²) in [5, 5.41) is 12.9. The molecule has 0 bridgehead atoms. The Morgan fingerprint density at radius 2 is 2.00 bits per heavy atom. The Hall–Kier alpha value is -4.01. The highest BCUT2D eigenvalue weighted by atomic mass is 16.6. The Bertz CT molecular complexity index is 1050. The number of amides is 4. The van der Waals surface area contributed by atoms with Crippen LogP contribution in [0.15, 0.2) is 53.0 Å². The standard InChI is InChI=1S/C19H15N3O6/c1-3-8-21-18(24)15(17(23)20-19(21)25)10-13-5-7-16(28-13)14-6-4-12(22(26)27)9-11(14)2/h3-7,9-10H,1,8H2,2H3,(H,20,23,25)/b15-10+.